The Kier molecular flexibility index (Phi) is 7.83. The van der Waals surface area contributed by atoms with E-state index in [2.05, 4.69) is 15.6 Å². The molecule has 0 saturated heterocycles. The summed E-state index contributed by atoms with van der Waals surface area (Å²) in [5.41, 5.74) is 5.16. The smallest absolute Gasteiger partial charge is 0.284 e. The Labute approximate surface area is 158 Å². The molecule has 24 heavy (non-hydrogen) atoms. The van der Waals surface area contributed by atoms with Crippen LogP contribution in [0.5, 0.6) is 0 Å². The number of hydrogen-bond acceptors (Lipinski definition) is 4. The molecule has 0 aliphatic heterocycles. The Hall–Kier alpha value is -1.97. The maximum atomic E-state index is 11.0. The van der Waals surface area contributed by atoms with Crippen molar-refractivity contribution >= 4 is 35.8 Å². The Morgan fingerprint density at radius 1 is 1.29 bits per heavy atom. The van der Waals surface area contributed by atoms with Crippen LogP contribution < -0.4 is 16.4 Å². The van der Waals surface area contributed by atoms with Crippen molar-refractivity contribution in [1.82, 2.24) is 10.6 Å². The van der Waals surface area contributed by atoms with Gasteiger partial charge in [-0.25, -0.2) is 4.99 Å². The number of aryl methyl sites for hydroxylation is 1. The second-order valence-electron chi connectivity index (χ2n) is 5.14. The van der Waals surface area contributed by atoms with Crippen molar-refractivity contribution in [3.63, 3.8) is 0 Å². The first-order valence-corrected chi connectivity index (χ1v) is 7.49. The molecule has 7 nitrogen and oxygen atoms in total. The third-order valence-electron chi connectivity index (χ3n) is 3.18. The molecule has 4 N–H and O–H groups in total. The van der Waals surface area contributed by atoms with Crippen molar-refractivity contribution in [2.24, 2.45) is 10.7 Å². The number of amides is 1. The Morgan fingerprint density at radius 2 is 2.04 bits per heavy atom. The number of aliphatic imine (C=N–C) groups is 1. The average Bonchev–Trinajstić information content (AvgIpc) is 3.14. The largest absolute Gasteiger partial charge is 0.464 e. The van der Waals surface area contributed by atoms with Crippen LogP contribution in [0.4, 0.5) is 0 Å². The molecule has 0 aliphatic carbocycles. The molecular formula is C16H23IN4O3. The molecule has 2 rings (SSSR count). The summed E-state index contributed by atoms with van der Waals surface area (Å²) in [5, 5.41) is 6.41. The van der Waals surface area contributed by atoms with Gasteiger partial charge in [0, 0.05) is 6.54 Å². The zero-order valence-corrected chi connectivity index (χ0v) is 16.3. The van der Waals surface area contributed by atoms with E-state index in [1.807, 2.05) is 32.9 Å². The highest BCUT2D eigenvalue weighted by atomic mass is 127. The predicted molar refractivity (Wildman–Crippen MR) is 102 cm³/mol. The second kappa shape index (κ2) is 9.36. The van der Waals surface area contributed by atoms with Gasteiger partial charge < -0.3 is 25.2 Å². The minimum atomic E-state index is -0.591. The van der Waals surface area contributed by atoms with E-state index in [1.165, 1.54) is 0 Å². The number of carbonyl (C=O) groups is 1. The summed E-state index contributed by atoms with van der Waals surface area (Å²) in [4.78, 5) is 15.5. The van der Waals surface area contributed by atoms with E-state index in [4.69, 9.17) is 14.6 Å². The summed E-state index contributed by atoms with van der Waals surface area (Å²) in [7, 11) is 0. The topological polar surface area (TPSA) is 106 Å². The predicted octanol–water partition coefficient (Wildman–Crippen LogP) is 2.71. The molecule has 1 amide bonds. The molecule has 0 aromatic carbocycles. The summed E-state index contributed by atoms with van der Waals surface area (Å²) in [5.74, 6) is 2.44. The summed E-state index contributed by atoms with van der Waals surface area (Å²) < 4.78 is 10.9. The minimum absolute atomic E-state index is 0. The molecule has 0 bridgehead atoms. The Balaban J connectivity index is 0.00000288. The monoisotopic (exact) mass is 446 g/mol. The van der Waals surface area contributed by atoms with Crippen molar-refractivity contribution in [2.45, 2.75) is 33.4 Å². The number of primary amides is 1. The highest BCUT2D eigenvalue weighted by Crippen LogP contribution is 2.15. The number of hydrogen-bond donors (Lipinski definition) is 3. The van der Waals surface area contributed by atoms with Gasteiger partial charge in [0.25, 0.3) is 5.91 Å². The van der Waals surface area contributed by atoms with Gasteiger partial charge in [0.2, 0.25) is 0 Å². The normalized spacial score (nSPS) is 12.4. The molecule has 1 unspecified atom stereocenters. The number of rotatable bonds is 6. The fourth-order valence-electron chi connectivity index (χ4n) is 2.03. The zero-order valence-electron chi connectivity index (χ0n) is 14.0. The number of halogens is 1. The first-order valence-electron chi connectivity index (χ1n) is 7.49. The van der Waals surface area contributed by atoms with Gasteiger partial charge >= 0.3 is 0 Å². The molecule has 2 aromatic rings. The number of nitrogens with zero attached hydrogens (tertiary/aromatic N) is 1. The van der Waals surface area contributed by atoms with Gasteiger partial charge in [-0.15, -0.1) is 24.0 Å². The average molecular weight is 446 g/mol. The lowest BCUT2D eigenvalue weighted by Gasteiger charge is -2.15. The number of furan rings is 2. The van der Waals surface area contributed by atoms with Gasteiger partial charge in [-0.2, -0.15) is 0 Å². The van der Waals surface area contributed by atoms with E-state index in [0.29, 0.717) is 18.3 Å². The summed E-state index contributed by atoms with van der Waals surface area (Å²) >= 11 is 0. The molecule has 0 spiro atoms. The third-order valence-corrected chi connectivity index (χ3v) is 3.18. The van der Waals surface area contributed by atoms with Crippen LogP contribution in [-0.2, 0) is 6.54 Å². The Bertz CT molecular complexity index is 693. The number of guanidine groups is 1. The standard InChI is InChI=1S/C16H22N4O3.HI/c1-4-18-16(20-11(3)13-7-5-10(2)22-13)19-9-12-6-8-14(23-12)15(17)21;/h5-8,11H,4,9H2,1-3H3,(H2,17,21)(H2,18,19,20);1H. The van der Waals surface area contributed by atoms with E-state index in [1.54, 1.807) is 12.1 Å². The van der Waals surface area contributed by atoms with Gasteiger partial charge in [0.1, 0.15) is 23.8 Å². The van der Waals surface area contributed by atoms with Crippen molar-refractivity contribution in [1.29, 1.82) is 0 Å². The molecule has 0 aliphatic rings. The second-order valence-corrected chi connectivity index (χ2v) is 5.14. The molecule has 8 heteroatoms. The third kappa shape index (κ3) is 5.59. The van der Waals surface area contributed by atoms with Crippen molar-refractivity contribution in [3.05, 3.63) is 47.3 Å². The van der Waals surface area contributed by atoms with Crippen molar-refractivity contribution in [2.75, 3.05) is 6.54 Å². The van der Waals surface area contributed by atoms with E-state index in [-0.39, 0.29) is 35.8 Å². The van der Waals surface area contributed by atoms with E-state index >= 15 is 0 Å². The lowest BCUT2D eigenvalue weighted by molar-refractivity contribution is 0.0972. The van der Waals surface area contributed by atoms with Gasteiger partial charge in [-0.05, 0) is 45.0 Å². The molecule has 0 radical (unpaired) electrons. The van der Waals surface area contributed by atoms with E-state index in [9.17, 15) is 4.79 Å². The molecule has 1 atom stereocenters. The number of nitrogens with one attached hydrogen (secondary N) is 2. The first kappa shape index (κ1) is 20.1. The summed E-state index contributed by atoms with van der Waals surface area (Å²) in [6.07, 6.45) is 0. The maximum absolute atomic E-state index is 11.0. The maximum Gasteiger partial charge on any atom is 0.284 e. The summed E-state index contributed by atoms with van der Waals surface area (Å²) in [6.45, 7) is 6.90. The van der Waals surface area contributed by atoms with Crippen LogP contribution in [0.25, 0.3) is 0 Å². The van der Waals surface area contributed by atoms with Crippen LogP contribution in [0.1, 0.15) is 47.7 Å². The molecule has 132 valence electrons. The highest BCUT2D eigenvalue weighted by Gasteiger charge is 2.12. The lowest BCUT2D eigenvalue weighted by atomic mass is 10.2. The van der Waals surface area contributed by atoms with Gasteiger partial charge in [-0.1, -0.05) is 0 Å². The lowest BCUT2D eigenvalue weighted by Crippen LogP contribution is -2.38. The van der Waals surface area contributed by atoms with E-state index < -0.39 is 5.91 Å². The summed E-state index contributed by atoms with van der Waals surface area (Å²) in [6, 6.07) is 7.06. The molecular weight excluding hydrogens is 423 g/mol. The van der Waals surface area contributed by atoms with Crippen LogP contribution in [0.3, 0.4) is 0 Å². The van der Waals surface area contributed by atoms with Crippen molar-refractivity contribution in [3.8, 4) is 0 Å². The molecule has 0 fully saturated rings. The molecule has 2 heterocycles. The fourth-order valence-corrected chi connectivity index (χ4v) is 2.03. The fraction of sp³-hybridized carbons (Fsp3) is 0.375. The highest BCUT2D eigenvalue weighted by molar-refractivity contribution is 14.0. The number of nitrogens with two attached hydrogens (primary N) is 1. The van der Waals surface area contributed by atoms with Gasteiger partial charge in [-0.3, -0.25) is 4.79 Å². The SMILES string of the molecule is CCNC(=NCc1ccc(C(N)=O)o1)NC(C)c1ccc(C)o1.I. The van der Waals surface area contributed by atoms with Crippen LogP contribution in [-0.4, -0.2) is 18.4 Å². The first-order chi connectivity index (χ1) is 11.0. The minimum Gasteiger partial charge on any atom is -0.464 e. The van der Waals surface area contributed by atoms with Gasteiger partial charge in [0.05, 0.1) is 6.04 Å². The van der Waals surface area contributed by atoms with Crippen LogP contribution in [0.15, 0.2) is 38.1 Å². The zero-order chi connectivity index (χ0) is 16.8. The van der Waals surface area contributed by atoms with Crippen molar-refractivity contribution < 1.29 is 13.6 Å². The van der Waals surface area contributed by atoms with Gasteiger partial charge in [0.15, 0.2) is 11.7 Å². The molecule has 0 saturated carbocycles. The van der Waals surface area contributed by atoms with Crippen LogP contribution >= 0.6 is 24.0 Å². The molecule has 2 aromatic heterocycles. The van der Waals surface area contributed by atoms with E-state index in [0.717, 1.165) is 18.1 Å². The quantitative estimate of drug-likeness (QED) is 0.360. The Morgan fingerprint density at radius 3 is 2.58 bits per heavy atom. The van der Waals surface area contributed by atoms with Crippen LogP contribution in [0, 0.1) is 6.92 Å². The van der Waals surface area contributed by atoms with Crippen LogP contribution in [0.2, 0.25) is 0 Å². The number of carbonyl (C=O) groups excluding carboxylic acids is 1.